The van der Waals surface area contributed by atoms with Crippen LogP contribution in [-0.2, 0) is 45.2 Å². The first-order chi connectivity index (χ1) is 34.2. The van der Waals surface area contributed by atoms with Gasteiger partial charge < -0.3 is 44.9 Å². The first kappa shape index (κ1) is 50.7. The fraction of sp³-hybridized carbons (Fsp3) is 0.388. The molecule has 7 rings (SSSR count). The average molecular weight is 974 g/mol. The Balaban J connectivity index is 1.28. The number of methoxy groups -OCH3 is 2. The maximum Gasteiger partial charge on any atom is 0.305 e. The van der Waals surface area contributed by atoms with Crippen molar-refractivity contribution in [2.45, 2.75) is 86.0 Å². The molecule has 0 saturated carbocycles. The van der Waals surface area contributed by atoms with E-state index in [9.17, 15) is 24.0 Å². The van der Waals surface area contributed by atoms with Crippen LogP contribution in [0.4, 0.5) is 5.95 Å². The van der Waals surface area contributed by atoms with Gasteiger partial charge in [0.05, 0.1) is 42.7 Å². The van der Waals surface area contributed by atoms with Crippen LogP contribution in [-0.4, -0.2) is 114 Å². The van der Waals surface area contributed by atoms with E-state index in [2.05, 4.69) is 25.6 Å². The van der Waals surface area contributed by atoms with Crippen molar-refractivity contribution < 1.29 is 42.9 Å². The predicted molar refractivity (Wildman–Crippen MR) is 264 cm³/mol. The Morgan fingerprint density at radius 2 is 1.38 bits per heavy atom. The van der Waals surface area contributed by atoms with Crippen molar-refractivity contribution in [3.8, 4) is 23.0 Å². The van der Waals surface area contributed by atoms with E-state index in [1.165, 1.54) is 7.11 Å². The number of aryl methyl sites for hydroxylation is 4. The van der Waals surface area contributed by atoms with E-state index >= 15 is 0 Å². The van der Waals surface area contributed by atoms with Gasteiger partial charge in [0.1, 0.15) is 34.1 Å². The van der Waals surface area contributed by atoms with Gasteiger partial charge in [0.25, 0.3) is 5.91 Å². The third-order valence-electron chi connectivity index (χ3n) is 11.5. The third-order valence-corrected chi connectivity index (χ3v) is 11.5. The normalized spacial score (nSPS) is 11.5. The molecule has 374 valence electrons. The summed E-state index contributed by atoms with van der Waals surface area (Å²) in [4.78, 5) is 77.8. The maximum absolute atomic E-state index is 13.9. The molecule has 0 aliphatic carbocycles. The summed E-state index contributed by atoms with van der Waals surface area (Å²) in [7, 11) is 2.90. The smallest absolute Gasteiger partial charge is 0.305 e. The van der Waals surface area contributed by atoms with Crippen molar-refractivity contribution in [2.24, 2.45) is 11.5 Å². The molecule has 0 aliphatic rings. The molecule has 0 fully saturated rings. The number of benzene rings is 2. The van der Waals surface area contributed by atoms with E-state index in [1.807, 2.05) is 48.2 Å². The number of amides is 4. The molecular weight excluding hydrogens is 915 g/mol. The number of hydrogen-bond acceptors (Lipinski definition) is 14. The predicted octanol–water partition coefficient (Wildman–Crippen LogP) is 5.00. The zero-order valence-corrected chi connectivity index (χ0v) is 40.7. The summed E-state index contributed by atoms with van der Waals surface area (Å²) in [6.07, 6.45) is 7.19. The highest BCUT2D eigenvalue weighted by Crippen LogP contribution is 2.37. The van der Waals surface area contributed by atoms with Gasteiger partial charge in [-0.3, -0.25) is 38.7 Å². The highest BCUT2D eigenvalue weighted by molar-refractivity contribution is 6.12. The van der Waals surface area contributed by atoms with E-state index < -0.39 is 17.7 Å². The van der Waals surface area contributed by atoms with Crippen molar-refractivity contribution in [1.82, 2.24) is 49.0 Å². The number of anilines is 1. The first-order valence-corrected chi connectivity index (χ1v) is 23.4. The number of nitrogens with one attached hydrogen (secondary N) is 2. The number of carbonyl (C=O) groups is 5. The Morgan fingerprint density at radius 3 is 2.07 bits per heavy atom. The Hall–Kier alpha value is -8.14. The molecule has 0 saturated heterocycles. The minimum absolute atomic E-state index is 0.146. The molecule has 2 aromatic carbocycles. The summed E-state index contributed by atoms with van der Waals surface area (Å²) in [5, 5.41) is 16.1. The number of esters is 1. The van der Waals surface area contributed by atoms with Crippen molar-refractivity contribution in [3.05, 3.63) is 83.0 Å². The van der Waals surface area contributed by atoms with E-state index in [1.54, 1.807) is 59.8 Å². The molecule has 5 heterocycles. The van der Waals surface area contributed by atoms with Gasteiger partial charge in [0, 0.05) is 93.8 Å². The van der Waals surface area contributed by atoms with E-state index in [0.29, 0.717) is 107 Å². The summed E-state index contributed by atoms with van der Waals surface area (Å²) in [5.41, 5.74) is 16.6. The Labute approximate surface area is 408 Å². The zero-order valence-electron chi connectivity index (χ0n) is 40.7. The zero-order chi connectivity index (χ0) is 50.8. The second-order valence-corrected chi connectivity index (χ2v) is 16.6. The van der Waals surface area contributed by atoms with Crippen LogP contribution in [0.2, 0.25) is 0 Å². The van der Waals surface area contributed by atoms with Crippen molar-refractivity contribution >= 4 is 68.5 Å². The number of rotatable bonds is 25. The Bertz CT molecular complexity index is 3140. The first-order valence-electron chi connectivity index (χ1n) is 23.4. The summed E-state index contributed by atoms with van der Waals surface area (Å²) in [6.45, 7) is 10.2. The molecular formula is C49H59N13O9. The summed E-state index contributed by atoms with van der Waals surface area (Å²) in [5.74, 6) is -1.04. The van der Waals surface area contributed by atoms with Gasteiger partial charge in [-0.25, -0.2) is 15.0 Å². The van der Waals surface area contributed by atoms with Crippen molar-refractivity contribution in [2.75, 3.05) is 45.9 Å². The van der Waals surface area contributed by atoms with Crippen LogP contribution in [0.3, 0.4) is 0 Å². The molecule has 71 heavy (non-hydrogen) atoms. The van der Waals surface area contributed by atoms with Crippen LogP contribution >= 0.6 is 0 Å². The van der Waals surface area contributed by atoms with Crippen LogP contribution in [0.5, 0.6) is 11.5 Å². The average Bonchev–Trinajstić information content (AvgIpc) is 4.12. The largest absolute Gasteiger partial charge is 0.491 e. The SMILES string of the molecule is CCn1nc(C)cc1C(=O)Nc1nc2cc(C(N)=O)cc(OCCCOC)c2n1CC=CCn1c2nc(-c3cc(C)nn3CC)ncc2c2cc(C(N)=O)cc(OCCCNC(=O)CCCC(=O)OC)c21. The number of imidazole rings is 1. The van der Waals surface area contributed by atoms with E-state index in [4.69, 9.17) is 40.6 Å². The molecule has 4 amide bonds. The number of aromatic nitrogens is 9. The molecule has 22 heteroatoms. The summed E-state index contributed by atoms with van der Waals surface area (Å²) in [6, 6.07) is 10.0. The third kappa shape index (κ3) is 11.7. The number of fused-ring (bicyclic) bond motifs is 4. The molecule has 22 nitrogen and oxygen atoms in total. The molecule has 5 aromatic heterocycles. The van der Waals surface area contributed by atoms with E-state index in [-0.39, 0.29) is 68.1 Å². The second kappa shape index (κ2) is 23.0. The Morgan fingerprint density at radius 1 is 0.718 bits per heavy atom. The van der Waals surface area contributed by atoms with Crippen LogP contribution in [0, 0.1) is 13.8 Å². The molecule has 0 unspecified atom stereocenters. The van der Waals surface area contributed by atoms with Crippen LogP contribution < -0.4 is 31.6 Å². The van der Waals surface area contributed by atoms with Crippen molar-refractivity contribution in [3.63, 3.8) is 0 Å². The summed E-state index contributed by atoms with van der Waals surface area (Å²) >= 11 is 0. The molecule has 0 aliphatic heterocycles. The Kier molecular flexibility index (Phi) is 16.4. The van der Waals surface area contributed by atoms with Crippen LogP contribution in [0.1, 0.15) is 88.5 Å². The lowest BCUT2D eigenvalue weighted by Gasteiger charge is -2.13. The standard InChI is InChI=1S/C49H59N13O9/c1-7-61-36(22-29(3)57-61)46-53-28-34-33-24-31(44(50)65)26-38(70-20-12-16-52-40(63)14-11-15-41(64)69-6)42(33)59(47(34)55-46)17-9-10-18-60-43-35(25-32(45(51)66)27-39(43)71-21-13-19-68-5)54-49(60)56-48(67)37-23-30(4)58-62(37)8-2/h9-10,22-28H,7-8,11-21H2,1-6H3,(H2,50,65)(H2,51,66)(H,52,63)(H,54,56,67). The van der Waals surface area contributed by atoms with Gasteiger partial charge in [0.2, 0.25) is 23.7 Å². The van der Waals surface area contributed by atoms with Crippen LogP contribution in [0.15, 0.2) is 54.7 Å². The fourth-order valence-electron chi connectivity index (χ4n) is 8.19. The lowest BCUT2D eigenvalue weighted by atomic mass is 10.1. The van der Waals surface area contributed by atoms with Crippen LogP contribution in [0.25, 0.3) is 44.5 Å². The van der Waals surface area contributed by atoms with Gasteiger partial charge in [-0.1, -0.05) is 12.2 Å². The number of ether oxygens (including phenoxy) is 4. The van der Waals surface area contributed by atoms with Gasteiger partial charge in [0.15, 0.2) is 5.82 Å². The lowest BCUT2D eigenvalue weighted by Crippen LogP contribution is -2.25. The molecule has 0 radical (unpaired) electrons. The van der Waals surface area contributed by atoms with Gasteiger partial charge in [-0.2, -0.15) is 10.2 Å². The topological polar surface area (TPSA) is 283 Å². The minimum atomic E-state index is -0.675. The number of carbonyl (C=O) groups excluding carboxylic acids is 5. The maximum atomic E-state index is 13.9. The molecule has 0 spiro atoms. The van der Waals surface area contributed by atoms with Crippen molar-refractivity contribution in [1.29, 1.82) is 0 Å². The van der Waals surface area contributed by atoms with Gasteiger partial charge in [-0.05, 0) is 76.9 Å². The number of allylic oxidation sites excluding steroid dienone is 2. The number of primary amides is 2. The number of nitrogens with two attached hydrogens (primary N) is 2. The molecule has 0 atom stereocenters. The minimum Gasteiger partial charge on any atom is -0.491 e. The molecule has 0 bridgehead atoms. The molecule has 7 aromatic rings. The van der Waals surface area contributed by atoms with Gasteiger partial charge >= 0.3 is 5.97 Å². The quantitative estimate of drug-likeness (QED) is 0.0333. The molecule has 6 N–H and O–H groups in total. The number of hydrogen-bond donors (Lipinski definition) is 4. The highest BCUT2D eigenvalue weighted by atomic mass is 16.5. The number of nitrogens with zero attached hydrogens (tertiary/aromatic N) is 9. The monoisotopic (exact) mass is 973 g/mol. The summed E-state index contributed by atoms with van der Waals surface area (Å²) < 4.78 is 29.7. The van der Waals surface area contributed by atoms with E-state index in [0.717, 1.165) is 11.4 Å². The van der Waals surface area contributed by atoms with Gasteiger partial charge in [-0.15, -0.1) is 0 Å². The highest BCUT2D eigenvalue weighted by Gasteiger charge is 2.24. The lowest BCUT2D eigenvalue weighted by molar-refractivity contribution is -0.140. The fourth-order valence-corrected chi connectivity index (χ4v) is 8.19. The second-order valence-electron chi connectivity index (χ2n) is 16.6.